The van der Waals surface area contributed by atoms with E-state index in [1.807, 2.05) is 43.5 Å². The number of carbonyl (C=O) groups excluding carboxylic acids is 1. The Kier molecular flexibility index (Phi) is 6.49. The van der Waals surface area contributed by atoms with Gasteiger partial charge in [-0.3, -0.25) is 4.79 Å². The Labute approximate surface area is 142 Å². The summed E-state index contributed by atoms with van der Waals surface area (Å²) in [7, 11) is 0. The molecule has 0 spiro atoms. The highest BCUT2D eigenvalue weighted by molar-refractivity contribution is 5.73. The maximum absolute atomic E-state index is 11.0. The van der Waals surface area contributed by atoms with Gasteiger partial charge in [0.2, 0.25) is 17.7 Å². The van der Waals surface area contributed by atoms with E-state index in [4.69, 9.17) is 4.74 Å². The first-order valence-electron chi connectivity index (χ1n) is 8.11. The zero-order valence-corrected chi connectivity index (χ0v) is 14.3. The van der Waals surface area contributed by atoms with Crippen LogP contribution in [0, 0.1) is 0 Å². The second kappa shape index (κ2) is 8.82. The van der Waals surface area contributed by atoms with Crippen LogP contribution in [0.5, 0.6) is 11.8 Å². The molecule has 0 fully saturated rings. The third-order valence-electron chi connectivity index (χ3n) is 3.31. The number of hydrogen-bond donors (Lipinski definition) is 1. The van der Waals surface area contributed by atoms with Crippen molar-refractivity contribution >= 4 is 12.0 Å². The van der Waals surface area contributed by atoms with Crippen molar-refractivity contribution < 1.29 is 9.53 Å². The predicted molar refractivity (Wildman–Crippen MR) is 94.9 cm³/mol. The molecule has 0 aliphatic heterocycles. The van der Waals surface area contributed by atoms with Gasteiger partial charge in [-0.05, 0) is 30.5 Å². The molecule has 0 unspecified atom stereocenters. The summed E-state index contributed by atoms with van der Waals surface area (Å²) in [5, 5.41) is 2.79. The molecule has 1 N–H and O–H groups in total. The third-order valence-corrected chi connectivity index (χ3v) is 3.31. The Bertz CT molecular complexity index is 679. The lowest BCUT2D eigenvalue weighted by atomic mass is 10.2. The molecule has 0 radical (unpaired) electrons. The molecule has 5 heteroatoms. The van der Waals surface area contributed by atoms with Crippen LogP contribution in [-0.4, -0.2) is 21.9 Å². The van der Waals surface area contributed by atoms with Crippen molar-refractivity contribution in [3.63, 3.8) is 0 Å². The molecule has 1 amide bonds. The minimum Gasteiger partial charge on any atom is -0.421 e. The third kappa shape index (κ3) is 5.83. The van der Waals surface area contributed by atoms with Crippen molar-refractivity contribution in [2.45, 2.75) is 39.7 Å². The summed E-state index contributed by atoms with van der Waals surface area (Å²) in [6.45, 7) is 5.55. The number of nitrogens with zero attached hydrogens (tertiary/aromatic N) is 2. The molecule has 5 nitrogen and oxygen atoms in total. The predicted octanol–water partition coefficient (Wildman–Crippen LogP) is 3.76. The fourth-order valence-corrected chi connectivity index (χ4v) is 2.19. The first kappa shape index (κ1) is 17.7. The molecule has 0 aliphatic carbocycles. The van der Waals surface area contributed by atoms with Gasteiger partial charge in [0, 0.05) is 37.5 Å². The van der Waals surface area contributed by atoms with Crippen molar-refractivity contribution in [3.8, 4) is 11.8 Å². The van der Waals surface area contributed by atoms with E-state index < -0.39 is 0 Å². The Hall–Kier alpha value is -2.69. The number of nitrogens with one attached hydrogen (secondary N) is 1. The number of amides is 1. The quantitative estimate of drug-likeness (QED) is 0.842. The summed E-state index contributed by atoms with van der Waals surface area (Å²) < 4.78 is 5.64. The largest absolute Gasteiger partial charge is 0.421 e. The van der Waals surface area contributed by atoms with Crippen LogP contribution in [0.3, 0.4) is 0 Å². The molecule has 2 rings (SSSR count). The van der Waals surface area contributed by atoms with Crippen molar-refractivity contribution in [3.05, 3.63) is 53.9 Å². The minimum atomic E-state index is -0.0496. The smallest absolute Gasteiger partial charge is 0.221 e. The fourth-order valence-electron chi connectivity index (χ4n) is 2.19. The monoisotopic (exact) mass is 325 g/mol. The number of ether oxygens (including phenoxy) is 1. The van der Waals surface area contributed by atoms with Crippen LogP contribution >= 0.6 is 0 Å². The lowest BCUT2D eigenvalue weighted by Crippen LogP contribution is -2.28. The number of pyridine rings is 2. The first-order chi connectivity index (χ1) is 11.6. The summed E-state index contributed by atoms with van der Waals surface area (Å²) in [6.07, 6.45) is 9.49. The molecule has 2 aromatic rings. The Morgan fingerprint density at radius 3 is 2.46 bits per heavy atom. The van der Waals surface area contributed by atoms with Gasteiger partial charge in [-0.2, -0.15) is 0 Å². The van der Waals surface area contributed by atoms with E-state index >= 15 is 0 Å². The summed E-state index contributed by atoms with van der Waals surface area (Å²) in [6, 6.07) is 7.56. The normalized spacial score (nSPS) is 12.1. The molecule has 0 aliphatic rings. The van der Waals surface area contributed by atoms with E-state index in [-0.39, 0.29) is 11.9 Å². The van der Waals surface area contributed by atoms with Gasteiger partial charge < -0.3 is 10.1 Å². The van der Waals surface area contributed by atoms with Gasteiger partial charge in [-0.25, -0.2) is 9.97 Å². The van der Waals surface area contributed by atoms with Gasteiger partial charge in [0.05, 0.1) is 0 Å². The number of hydrogen-bond acceptors (Lipinski definition) is 4. The van der Waals surface area contributed by atoms with Gasteiger partial charge in [-0.15, -0.1) is 0 Å². The average molecular weight is 325 g/mol. The lowest BCUT2D eigenvalue weighted by molar-refractivity contribution is -0.119. The minimum absolute atomic E-state index is 0.0238. The van der Waals surface area contributed by atoms with Crippen molar-refractivity contribution in [2.75, 3.05) is 0 Å². The van der Waals surface area contributed by atoms with E-state index in [1.54, 1.807) is 12.3 Å². The molecule has 0 aromatic carbocycles. The molecule has 2 heterocycles. The lowest BCUT2D eigenvalue weighted by Gasteiger charge is -2.07. The second-order valence-corrected chi connectivity index (χ2v) is 5.63. The van der Waals surface area contributed by atoms with Crippen LogP contribution < -0.4 is 10.1 Å². The van der Waals surface area contributed by atoms with Gasteiger partial charge in [0.1, 0.15) is 0 Å². The molecule has 24 heavy (non-hydrogen) atoms. The number of carbonyl (C=O) groups is 1. The SMILES string of the molecule is CCCc1ccc(Oc2ccc(/C=C/[C@H](C)NC(C)=O)cn2)nc1. The van der Waals surface area contributed by atoms with Crippen molar-refractivity contribution in [1.82, 2.24) is 15.3 Å². The average Bonchev–Trinajstić information content (AvgIpc) is 2.56. The molecule has 2 aromatic heterocycles. The molecular weight excluding hydrogens is 302 g/mol. The second-order valence-electron chi connectivity index (χ2n) is 5.63. The van der Waals surface area contributed by atoms with Crippen LogP contribution in [0.2, 0.25) is 0 Å². The van der Waals surface area contributed by atoms with E-state index in [0.29, 0.717) is 11.8 Å². The number of aromatic nitrogens is 2. The van der Waals surface area contributed by atoms with Gasteiger partial charge >= 0.3 is 0 Å². The summed E-state index contributed by atoms with van der Waals surface area (Å²) >= 11 is 0. The summed E-state index contributed by atoms with van der Waals surface area (Å²) in [5.74, 6) is 0.981. The van der Waals surface area contributed by atoms with Crippen LogP contribution in [0.1, 0.15) is 38.3 Å². The number of aryl methyl sites for hydroxylation is 1. The topological polar surface area (TPSA) is 64.1 Å². The van der Waals surface area contributed by atoms with Crippen LogP contribution in [-0.2, 0) is 11.2 Å². The van der Waals surface area contributed by atoms with Crippen LogP contribution in [0.4, 0.5) is 0 Å². The molecule has 126 valence electrons. The molecule has 0 saturated heterocycles. The Morgan fingerprint density at radius 1 is 1.21 bits per heavy atom. The summed E-state index contributed by atoms with van der Waals surface area (Å²) in [5.41, 5.74) is 2.14. The van der Waals surface area contributed by atoms with Crippen LogP contribution in [0.15, 0.2) is 42.7 Å². The molecule has 0 saturated carbocycles. The highest BCUT2D eigenvalue weighted by Gasteiger charge is 2.01. The first-order valence-corrected chi connectivity index (χ1v) is 8.11. The molecule has 0 bridgehead atoms. The van der Waals surface area contributed by atoms with Gasteiger partial charge in [0.25, 0.3) is 0 Å². The van der Waals surface area contributed by atoms with E-state index in [9.17, 15) is 4.79 Å². The van der Waals surface area contributed by atoms with E-state index in [1.165, 1.54) is 12.5 Å². The highest BCUT2D eigenvalue weighted by Crippen LogP contribution is 2.18. The van der Waals surface area contributed by atoms with Crippen LogP contribution in [0.25, 0.3) is 6.08 Å². The van der Waals surface area contributed by atoms with Crippen molar-refractivity contribution in [2.24, 2.45) is 0 Å². The highest BCUT2D eigenvalue weighted by atomic mass is 16.5. The maximum Gasteiger partial charge on any atom is 0.221 e. The van der Waals surface area contributed by atoms with E-state index in [2.05, 4.69) is 22.2 Å². The fraction of sp³-hybridized carbons (Fsp3) is 0.316. The van der Waals surface area contributed by atoms with E-state index in [0.717, 1.165) is 18.4 Å². The maximum atomic E-state index is 11.0. The van der Waals surface area contributed by atoms with Gasteiger partial charge in [-0.1, -0.05) is 31.6 Å². The molecule has 1 atom stereocenters. The zero-order valence-electron chi connectivity index (χ0n) is 14.3. The van der Waals surface area contributed by atoms with Crippen molar-refractivity contribution in [1.29, 1.82) is 0 Å². The Morgan fingerprint density at radius 2 is 1.92 bits per heavy atom. The van der Waals surface area contributed by atoms with Gasteiger partial charge in [0.15, 0.2) is 0 Å². The number of rotatable bonds is 7. The Balaban J connectivity index is 1.94. The zero-order chi connectivity index (χ0) is 17.4. The summed E-state index contributed by atoms with van der Waals surface area (Å²) in [4.78, 5) is 19.5. The molecular formula is C19H23N3O2. The standard InChI is InChI=1S/C19H23N3O2/c1-4-5-16-8-10-18(20-12-16)24-19-11-9-17(13-21-19)7-6-14(2)22-15(3)23/h6-14H,4-5H2,1-3H3,(H,22,23)/b7-6+/t14-/m0/s1.